The maximum atomic E-state index is 13.0. The van der Waals surface area contributed by atoms with Crippen molar-refractivity contribution in [3.63, 3.8) is 0 Å². The highest BCUT2D eigenvalue weighted by atomic mass is 32.2. The maximum Gasteiger partial charge on any atom is 0.242 e. The molecule has 1 saturated heterocycles. The van der Waals surface area contributed by atoms with Crippen LogP contribution in [0.25, 0.3) is 0 Å². The zero-order valence-corrected chi connectivity index (χ0v) is 17.5. The smallest absolute Gasteiger partial charge is 0.242 e. The van der Waals surface area contributed by atoms with Gasteiger partial charge in [0.05, 0.1) is 4.90 Å². The third-order valence-electron chi connectivity index (χ3n) is 4.91. The van der Waals surface area contributed by atoms with Crippen LogP contribution in [0.2, 0.25) is 0 Å². The minimum atomic E-state index is -3.74. The lowest BCUT2D eigenvalue weighted by atomic mass is 10.2. The summed E-state index contributed by atoms with van der Waals surface area (Å²) in [6.07, 6.45) is 1.82. The molecular weight excluding hydrogens is 409 g/mol. The Morgan fingerprint density at radius 3 is 2.60 bits per heavy atom. The zero-order valence-electron chi connectivity index (χ0n) is 16.7. The second-order valence-corrected chi connectivity index (χ2v) is 9.18. The van der Waals surface area contributed by atoms with E-state index in [1.165, 1.54) is 19.2 Å². The van der Waals surface area contributed by atoms with Crippen LogP contribution in [0.3, 0.4) is 0 Å². The average molecular weight is 434 g/mol. The van der Waals surface area contributed by atoms with Crippen LogP contribution in [0.5, 0.6) is 0 Å². The summed E-state index contributed by atoms with van der Waals surface area (Å²) < 4.78 is 39.1. The molecule has 1 N–H and O–H groups in total. The normalized spacial score (nSPS) is 14.4. The third kappa shape index (κ3) is 5.22. The Morgan fingerprint density at radius 1 is 1.20 bits per heavy atom. The molecule has 1 fully saturated rings. The molecule has 2 aromatic carbocycles. The fraction of sp³-hybridized carbons (Fsp3) is 0.333. The van der Waals surface area contributed by atoms with E-state index in [1.807, 2.05) is 6.07 Å². The molecule has 1 heterocycles. The van der Waals surface area contributed by atoms with Crippen LogP contribution in [-0.4, -0.2) is 44.7 Å². The van der Waals surface area contributed by atoms with Crippen molar-refractivity contribution < 1.29 is 22.4 Å². The second-order valence-electron chi connectivity index (χ2n) is 7.13. The van der Waals surface area contributed by atoms with E-state index in [0.717, 1.165) is 28.5 Å². The molecule has 0 saturated carbocycles. The van der Waals surface area contributed by atoms with Crippen molar-refractivity contribution in [3.8, 4) is 0 Å². The van der Waals surface area contributed by atoms with E-state index in [2.05, 4.69) is 5.32 Å². The number of benzene rings is 2. The lowest BCUT2D eigenvalue weighted by molar-refractivity contribution is -0.117. The first-order chi connectivity index (χ1) is 14.3. The summed E-state index contributed by atoms with van der Waals surface area (Å²) in [4.78, 5) is 25.8. The lowest BCUT2D eigenvalue weighted by Gasteiger charge is -2.18. The fourth-order valence-corrected chi connectivity index (χ4v) is 4.47. The van der Waals surface area contributed by atoms with E-state index < -0.39 is 15.8 Å². The molecule has 0 atom stereocenters. The Bertz CT molecular complexity index is 1020. The van der Waals surface area contributed by atoms with Crippen molar-refractivity contribution in [1.29, 1.82) is 0 Å². The molecule has 2 amide bonds. The van der Waals surface area contributed by atoms with Crippen LogP contribution in [0, 0.1) is 5.82 Å². The molecule has 7 nitrogen and oxygen atoms in total. The van der Waals surface area contributed by atoms with Crippen LogP contribution < -0.4 is 10.2 Å². The number of sulfonamides is 1. The Hall–Kier alpha value is -2.78. The van der Waals surface area contributed by atoms with Gasteiger partial charge in [-0.1, -0.05) is 6.07 Å². The summed E-state index contributed by atoms with van der Waals surface area (Å²) in [5.41, 5.74) is 1.34. The van der Waals surface area contributed by atoms with E-state index in [1.54, 1.807) is 23.1 Å². The summed E-state index contributed by atoms with van der Waals surface area (Å²) in [5, 5.41) is 2.78. The molecule has 3 rings (SSSR count). The summed E-state index contributed by atoms with van der Waals surface area (Å²) in [6.45, 7) is 0.820. The molecule has 30 heavy (non-hydrogen) atoms. The van der Waals surface area contributed by atoms with Crippen molar-refractivity contribution >= 4 is 33.2 Å². The second kappa shape index (κ2) is 9.36. The van der Waals surface area contributed by atoms with E-state index >= 15 is 0 Å². The number of anilines is 2. The lowest BCUT2D eigenvalue weighted by Crippen LogP contribution is -2.28. The van der Waals surface area contributed by atoms with Gasteiger partial charge in [0.2, 0.25) is 21.8 Å². The van der Waals surface area contributed by atoms with E-state index in [9.17, 15) is 22.4 Å². The van der Waals surface area contributed by atoms with Gasteiger partial charge in [-0.15, -0.1) is 0 Å². The molecule has 2 aromatic rings. The Labute approximate surface area is 175 Å². The quantitative estimate of drug-likeness (QED) is 0.693. The number of rotatable bonds is 8. The molecule has 0 bridgehead atoms. The standard InChI is InChI=1S/C21H24FN3O4S/c1-24(30(28,29)19-11-9-16(22)10-12-19)13-3-7-20(26)23-17-5-2-6-18(15-17)25-14-4-8-21(25)27/h2,5-6,9-12,15H,3-4,7-8,13-14H2,1H3,(H,23,26). The number of nitrogens with zero attached hydrogens (tertiary/aromatic N) is 2. The minimum absolute atomic E-state index is 0.00382. The first kappa shape index (κ1) is 21.9. The molecule has 1 aliphatic rings. The highest BCUT2D eigenvalue weighted by molar-refractivity contribution is 7.89. The van der Waals surface area contributed by atoms with Gasteiger partial charge in [0.1, 0.15) is 5.82 Å². The molecule has 0 aromatic heterocycles. The van der Waals surface area contributed by atoms with Crippen LogP contribution >= 0.6 is 0 Å². The molecule has 9 heteroatoms. The highest BCUT2D eigenvalue weighted by Gasteiger charge is 2.22. The molecule has 160 valence electrons. The number of halogens is 1. The van der Waals surface area contributed by atoms with Gasteiger partial charge >= 0.3 is 0 Å². The Kier molecular flexibility index (Phi) is 6.84. The molecule has 1 aliphatic heterocycles. The zero-order chi connectivity index (χ0) is 21.7. The van der Waals surface area contributed by atoms with E-state index in [4.69, 9.17) is 0 Å². The Balaban J connectivity index is 1.51. The van der Waals surface area contributed by atoms with Crippen molar-refractivity contribution in [2.24, 2.45) is 0 Å². The Morgan fingerprint density at radius 2 is 1.93 bits per heavy atom. The summed E-state index contributed by atoms with van der Waals surface area (Å²) in [5.74, 6) is -0.678. The van der Waals surface area contributed by atoms with Crippen LogP contribution in [0.4, 0.5) is 15.8 Å². The fourth-order valence-electron chi connectivity index (χ4n) is 3.27. The van der Waals surface area contributed by atoms with Gasteiger partial charge in [-0.3, -0.25) is 9.59 Å². The molecule has 0 radical (unpaired) electrons. The predicted octanol–water partition coefficient (Wildman–Crippen LogP) is 2.99. The maximum absolute atomic E-state index is 13.0. The van der Waals surface area contributed by atoms with Crippen molar-refractivity contribution in [2.45, 2.75) is 30.6 Å². The number of carbonyl (C=O) groups is 2. The average Bonchev–Trinajstić information content (AvgIpc) is 3.14. The summed E-state index contributed by atoms with van der Waals surface area (Å²) >= 11 is 0. The predicted molar refractivity (Wildman–Crippen MR) is 112 cm³/mol. The number of nitrogens with one attached hydrogen (secondary N) is 1. The molecular formula is C21H24FN3O4S. The van der Waals surface area contributed by atoms with Gasteiger partial charge in [-0.25, -0.2) is 17.1 Å². The van der Waals surface area contributed by atoms with Gasteiger partial charge in [0.25, 0.3) is 0 Å². The number of hydrogen-bond donors (Lipinski definition) is 1. The van der Waals surface area contributed by atoms with Gasteiger partial charge in [-0.2, -0.15) is 0 Å². The van der Waals surface area contributed by atoms with Crippen LogP contribution in [0.1, 0.15) is 25.7 Å². The first-order valence-corrected chi connectivity index (χ1v) is 11.1. The largest absolute Gasteiger partial charge is 0.326 e. The van der Waals surface area contributed by atoms with Crippen LogP contribution in [-0.2, 0) is 19.6 Å². The molecule has 0 aliphatic carbocycles. The first-order valence-electron chi connectivity index (χ1n) is 9.69. The van der Waals surface area contributed by atoms with Crippen LogP contribution in [0.15, 0.2) is 53.4 Å². The number of amides is 2. The van der Waals surface area contributed by atoms with Crippen molar-refractivity contribution in [2.75, 3.05) is 30.4 Å². The minimum Gasteiger partial charge on any atom is -0.326 e. The number of carbonyl (C=O) groups excluding carboxylic acids is 2. The topological polar surface area (TPSA) is 86.8 Å². The summed E-state index contributed by atoms with van der Waals surface area (Å²) in [7, 11) is -2.31. The van der Waals surface area contributed by atoms with E-state index in [-0.39, 0.29) is 29.7 Å². The third-order valence-corrected chi connectivity index (χ3v) is 6.78. The van der Waals surface area contributed by atoms with Gasteiger partial charge in [0, 0.05) is 44.4 Å². The SMILES string of the molecule is CN(CCCC(=O)Nc1cccc(N2CCCC2=O)c1)S(=O)(=O)c1ccc(F)cc1. The molecule has 0 spiro atoms. The van der Waals surface area contributed by atoms with Crippen molar-refractivity contribution in [1.82, 2.24) is 4.31 Å². The van der Waals surface area contributed by atoms with Crippen molar-refractivity contribution in [3.05, 3.63) is 54.3 Å². The monoisotopic (exact) mass is 433 g/mol. The number of hydrogen-bond acceptors (Lipinski definition) is 4. The molecule has 0 unspecified atom stereocenters. The summed E-state index contributed by atoms with van der Waals surface area (Å²) in [6, 6.07) is 11.7. The van der Waals surface area contributed by atoms with Gasteiger partial charge < -0.3 is 10.2 Å². The highest BCUT2D eigenvalue weighted by Crippen LogP contribution is 2.24. The van der Waals surface area contributed by atoms with E-state index in [0.29, 0.717) is 25.1 Å². The van der Waals surface area contributed by atoms with Gasteiger partial charge in [-0.05, 0) is 55.3 Å². The van der Waals surface area contributed by atoms with Gasteiger partial charge in [0.15, 0.2) is 0 Å².